The Kier molecular flexibility index (Phi) is 2.57. The van der Waals surface area contributed by atoms with E-state index < -0.39 is 0 Å². The maximum absolute atomic E-state index is 5.72. The number of rotatable bonds is 3. The normalized spacial score (nSPS) is 10.7. The summed E-state index contributed by atoms with van der Waals surface area (Å²) in [5.41, 5.74) is 7.35. The van der Waals surface area contributed by atoms with E-state index in [1.54, 1.807) is 4.52 Å². The minimum absolute atomic E-state index is 0.241. The molecule has 1 aromatic carbocycles. The van der Waals surface area contributed by atoms with Crippen LogP contribution < -0.4 is 10.5 Å². The standard InChI is InChI=1S/C13H12N4O/c14-13-15-11-7-4-8-12(17(11)16-13)18-9-10-5-2-1-3-6-10/h1-8H,9H2,(H2,14,16). The van der Waals surface area contributed by atoms with Crippen molar-refractivity contribution in [1.29, 1.82) is 0 Å². The van der Waals surface area contributed by atoms with Crippen molar-refractivity contribution in [2.45, 2.75) is 6.61 Å². The van der Waals surface area contributed by atoms with Gasteiger partial charge in [-0.15, -0.1) is 5.10 Å². The molecule has 0 amide bonds. The molecule has 2 N–H and O–H groups in total. The van der Waals surface area contributed by atoms with E-state index in [9.17, 15) is 0 Å². The van der Waals surface area contributed by atoms with Gasteiger partial charge in [-0.1, -0.05) is 36.4 Å². The molecule has 2 aromatic heterocycles. The molecule has 5 heteroatoms. The zero-order valence-corrected chi connectivity index (χ0v) is 9.65. The number of benzene rings is 1. The van der Waals surface area contributed by atoms with E-state index in [0.29, 0.717) is 18.1 Å². The van der Waals surface area contributed by atoms with Crippen molar-refractivity contribution in [2.24, 2.45) is 0 Å². The molecule has 3 aromatic rings. The van der Waals surface area contributed by atoms with Gasteiger partial charge in [0.25, 0.3) is 0 Å². The van der Waals surface area contributed by atoms with E-state index >= 15 is 0 Å². The number of aromatic nitrogens is 3. The highest BCUT2D eigenvalue weighted by atomic mass is 16.5. The van der Waals surface area contributed by atoms with Gasteiger partial charge in [-0.2, -0.15) is 9.50 Å². The number of anilines is 1. The lowest BCUT2D eigenvalue weighted by molar-refractivity contribution is 0.286. The Balaban J connectivity index is 1.86. The lowest BCUT2D eigenvalue weighted by Crippen LogP contribution is -2.01. The number of ether oxygens (including phenoxy) is 1. The number of nitrogens with zero attached hydrogens (tertiary/aromatic N) is 3. The van der Waals surface area contributed by atoms with Gasteiger partial charge in [0.1, 0.15) is 6.61 Å². The smallest absolute Gasteiger partial charge is 0.240 e. The van der Waals surface area contributed by atoms with Crippen LogP contribution in [0.4, 0.5) is 5.95 Å². The number of nitrogens with two attached hydrogens (primary N) is 1. The average molecular weight is 240 g/mol. The highest BCUT2D eigenvalue weighted by Crippen LogP contribution is 2.15. The van der Waals surface area contributed by atoms with Crippen molar-refractivity contribution in [3.8, 4) is 5.88 Å². The van der Waals surface area contributed by atoms with Gasteiger partial charge in [0.2, 0.25) is 11.8 Å². The van der Waals surface area contributed by atoms with Crippen LogP contribution in [0.5, 0.6) is 5.88 Å². The Morgan fingerprint density at radius 2 is 1.89 bits per heavy atom. The van der Waals surface area contributed by atoms with E-state index in [1.165, 1.54) is 0 Å². The largest absolute Gasteiger partial charge is 0.473 e. The zero-order chi connectivity index (χ0) is 12.4. The first-order chi connectivity index (χ1) is 8.83. The van der Waals surface area contributed by atoms with Gasteiger partial charge in [0.05, 0.1) is 0 Å². The molecule has 0 spiro atoms. The first-order valence-corrected chi connectivity index (χ1v) is 5.61. The molecule has 2 heterocycles. The van der Waals surface area contributed by atoms with Crippen molar-refractivity contribution < 1.29 is 4.74 Å². The number of pyridine rings is 1. The Morgan fingerprint density at radius 3 is 2.72 bits per heavy atom. The van der Waals surface area contributed by atoms with Gasteiger partial charge < -0.3 is 10.5 Å². The summed E-state index contributed by atoms with van der Waals surface area (Å²) in [6.07, 6.45) is 0. The van der Waals surface area contributed by atoms with Crippen LogP contribution in [-0.4, -0.2) is 14.6 Å². The van der Waals surface area contributed by atoms with Gasteiger partial charge in [-0.3, -0.25) is 0 Å². The molecule has 0 unspecified atom stereocenters. The number of hydrogen-bond acceptors (Lipinski definition) is 4. The zero-order valence-electron chi connectivity index (χ0n) is 9.65. The van der Waals surface area contributed by atoms with Gasteiger partial charge >= 0.3 is 0 Å². The molecule has 90 valence electrons. The van der Waals surface area contributed by atoms with Crippen LogP contribution in [-0.2, 0) is 6.61 Å². The minimum Gasteiger partial charge on any atom is -0.473 e. The molecule has 0 radical (unpaired) electrons. The SMILES string of the molecule is Nc1nc2cccc(OCc3ccccc3)n2n1. The summed E-state index contributed by atoms with van der Waals surface area (Å²) in [6.45, 7) is 0.486. The Bertz CT molecular complexity index is 663. The van der Waals surface area contributed by atoms with Crippen LogP contribution in [0.15, 0.2) is 48.5 Å². The molecule has 0 saturated carbocycles. The van der Waals surface area contributed by atoms with Gasteiger partial charge in [-0.25, -0.2) is 0 Å². The summed E-state index contributed by atoms with van der Waals surface area (Å²) < 4.78 is 7.32. The van der Waals surface area contributed by atoms with Crippen LogP contribution in [0.2, 0.25) is 0 Å². The summed E-state index contributed by atoms with van der Waals surface area (Å²) in [6, 6.07) is 15.5. The highest BCUT2D eigenvalue weighted by molar-refractivity contribution is 5.44. The van der Waals surface area contributed by atoms with Crippen LogP contribution in [0, 0.1) is 0 Å². The van der Waals surface area contributed by atoms with Crippen LogP contribution in [0.3, 0.4) is 0 Å². The third-order valence-electron chi connectivity index (χ3n) is 2.57. The molecule has 5 nitrogen and oxygen atoms in total. The Hall–Kier alpha value is -2.56. The van der Waals surface area contributed by atoms with E-state index in [0.717, 1.165) is 5.56 Å². The van der Waals surface area contributed by atoms with E-state index in [2.05, 4.69) is 10.1 Å². The summed E-state index contributed by atoms with van der Waals surface area (Å²) in [4.78, 5) is 4.08. The molecule has 0 fully saturated rings. The predicted molar refractivity (Wildman–Crippen MR) is 68.2 cm³/mol. The van der Waals surface area contributed by atoms with Gasteiger partial charge in [0.15, 0.2) is 5.65 Å². The van der Waals surface area contributed by atoms with E-state index in [1.807, 2.05) is 48.5 Å². The summed E-state index contributed by atoms with van der Waals surface area (Å²) in [5, 5.41) is 4.08. The lowest BCUT2D eigenvalue weighted by atomic mass is 10.2. The van der Waals surface area contributed by atoms with Crippen LogP contribution in [0.1, 0.15) is 5.56 Å². The van der Waals surface area contributed by atoms with Crippen molar-refractivity contribution in [2.75, 3.05) is 5.73 Å². The first-order valence-electron chi connectivity index (χ1n) is 5.61. The fourth-order valence-corrected chi connectivity index (χ4v) is 1.74. The minimum atomic E-state index is 0.241. The van der Waals surface area contributed by atoms with Crippen molar-refractivity contribution >= 4 is 11.6 Å². The Morgan fingerprint density at radius 1 is 1.06 bits per heavy atom. The second-order valence-corrected chi connectivity index (χ2v) is 3.88. The second kappa shape index (κ2) is 4.37. The second-order valence-electron chi connectivity index (χ2n) is 3.88. The average Bonchev–Trinajstić information content (AvgIpc) is 2.78. The third-order valence-corrected chi connectivity index (χ3v) is 2.57. The number of nitrogen functional groups attached to an aromatic ring is 1. The van der Waals surface area contributed by atoms with Crippen LogP contribution in [0.25, 0.3) is 5.65 Å². The van der Waals surface area contributed by atoms with Gasteiger partial charge in [0, 0.05) is 6.07 Å². The molecule has 0 aliphatic heterocycles. The molecular formula is C13H12N4O. The first kappa shape index (κ1) is 10.6. The molecule has 3 rings (SSSR count). The monoisotopic (exact) mass is 240 g/mol. The predicted octanol–water partition coefficient (Wildman–Crippen LogP) is 1.89. The quantitative estimate of drug-likeness (QED) is 0.759. The van der Waals surface area contributed by atoms with E-state index in [4.69, 9.17) is 10.5 Å². The highest BCUT2D eigenvalue weighted by Gasteiger charge is 2.05. The van der Waals surface area contributed by atoms with E-state index in [-0.39, 0.29) is 5.95 Å². The molecule has 0 bridgehead atoms. The molecular weight excluding hydrogens is 228 g/mol. The van der Waals surface area contributed by atoms with Crippen molar-refractivity contribution in [1.82, 2.24) is 14.6 Å². The molecule has 18 heavy (non-hydrogen) atoms. The van der Waals surface area contributed by atoms with Crippen molar-refractivity contribution in [3.05, 3.63) is 54.1 Å². The lowest BCUT2D eigenvalue weighted by Gasteiger charge is -2.06. The summed E-state index contributed by atoms with van der Waals surface area (Å²) in [5.74, 6) is 0.867. The summed E-state index contributed by atoms with van der Waals surface area (Å²) in [7, 11) is 0. The fraction of sp³-hybridized carbons (Fsp3) is 0.0769. The molecule has 0 aliphatic carbocycles. The Labute approximate surface area is 104 Å². The fourth-order valence-electron chi connectivity index (χ4n) is 1.74. The summed E-state index contributed by atoms with van der Waals surface area (Å²) >= 11 is 0. The van der Waals surface area contributed by atoms with Gasteiger partial charge in [-0.05, 0) is 11.6 Å². The maximum atomic E-state index is 5.72. The van der Waals surface area contributed by atoms with Crippen molar-refractivity contribution in [3.63, 3.8) is 0 Å². The topological polar surface area (TPSA) is 65.4 Å². The molecule has 0 saturated heterocycles. The number of hydrogen-bond donors (Lipinski definition) is 1. The molecule has 0 atom stereocenters. The maximum Gasteiger partial charge on any atom is 0.240 e. The van der Waals surface area contributed by atoms with Crippen LogP contribution >= 0.6 is 0 Å². The molecule has 0 aliphatic rings. The third kappa shape index (κ3) is 1.98. The number of fused-ring (bicyclic) bond motifs is 1.